The van der Waals surface area contributed by atoms with Gasteiger partial charge in [0.1, 0.15) is 18.4 Å². The van der Waals surface area contributed by atoms with Gasteiger partial charge in [-0.25, -0.2) is 4.98 Å². The fraction of sp³-hybridized carbons (Fsp3) is 0.250. The summed E-state index contributed by atoms with van der Waals surface area (Å²) in [6, 6.07) is 11.2. The number of hydrogen-bond donors (Lipinski definition) is 1. The summed E-state index contributed by atoms with van der Waals surface area (Å²) in [5.74, 6) is 1.33. The van der Waals surface area contributed by atoms with Gasteiger partial charge in [0.15, 0.2) is 11.5 Å². The summed E-state index contributed by atoms with van der Waals surface area (Å²) >= 11 is 0. The second kappa shape index (κ2) is 7.27. The molecule has 108 valence electrons. The zero-order valence-electron chi connectivity index (χ0n) is 11.9. The van der Waals surface area contributed by atoms with Gasteiger partial charge >= 0.3 is 0 Å². The number of nitrogens with two attached hydrogens (primary N) is 1. The molecule has 0 saturated carbocycles. The SMILES string of the molecule is CCOc1cc(CN)ccc1OCc1ccnc(C#N)c1. The summed E-state index contributed by atoms with van der Waals surface area (Å²) in [5, 5.41) is 8.83. The minimum Gasteiger partial charge on any atom is -0.490 e. The molecule has 0 aliphatic carbocycles. The van der Waals surface area contributed by atoms with Crippen molar-refractivity contribution in [3.63, 3.8) is 0 Å². The molecule has 0 aliphatic rings. The van der Waals surface area contributed by atoms with Crippen LogP contribution in [0.5, 0.6) is 11.5 Å². The molecule has 0 spiro atoms. The summed E-state index contributed by atoms with van der Waals surface area (Å²) in [4.78, 5) is 3.93. The van der Waals surface area contributed by atoms with E-state index in [9.17, 15) is 0 Å². The minimum absolute atomic E-state index is 0.346. The minimum atomic E-state index is 0.346. The van der Waals surface area contributed by atoms with Gasteiger partial charge in [-0.05, 0) is 42.3 Å². The smallest absolute Gasteiger partial charge is 0.161 e. The summed E-state index contributed by atoms with van der Waals surface area (Å²) in [5.41, 5.74) is 7.87. The van der Waals surface area contributed by atoms with Crippen molar-refractivity contribution in [2.75, 3.05) is 6.61 Å². The van der Waals surface area contributed by atoms with Crippen LogP contribution in [0.25, 0.3) is 0 Å². The van der Waals surface area contributed by atoms with Gasteiger partial charge in [0.2, 0.25) is 0 Å². The van der Waals surface area contributed by atoms with Crippen LogP contribution in [0.1, 0.15) is 23.7 Å². The van der Waals surface area contributed by atoms with Gasteiger partial charge in [0, 0.05) is 12.7 Å². The van der Waals surface area contributed by atoms with E-state index in [2.05, 4.69) is 4.98 Å². The third-order valence-electron chi connectivity index (χ3n) is 2.88. The molecule has 0 aliphatic heterocycles. The van der Waals surface area contributed by atoms with Crippen molar-refractivity contribution >= 4 is 0 Å². The van der Waals surface area contributed by atoms with Gasteiger partial charge in [0.25, 0.3) is 0 Å². The molecule has 0 atom stereocenters. The topological polar surface area (TPSA) is 81.2 Å². The molecule has 5 heteroatoms. The predicted octanol–water partition coefficient (Wildman–Crippen LogP) is 2.39. The highest BCUT2D eigenvalue weighted by Gasteiger charge is 2.07. The highest BCUT2D eigenvalue weighted by atomic mass is 16.5. The Labute approximate surface area is 123 Å². The Bertz CT molecular complexity index is 650. The van der Waals surface area contributed by atoms with Crippen LogP contribution in [0, 0.1) is 11.3 Å². The maximum absolute atomic E-state index is 8.83. The average Bonchev–Trinajstić information content (AvgIpc) is 2.54. The Kier molecular flexibility index (Phi) is 5.13. The number of hydrogen-bond acceptors (Lipinski definition) is 5. The molecule has 2 aromatic rings. The number of nitriles is 1. The average molecular weight is 283 g/mol. The lowest BCUT2D eigenvalue weighted by molar-refractivity contribution is 0.269. The van der Waals surface area contributed by atoms with Crippen LogP contribution in [-0.4, -0.2) is 11.6 Å². The lowest BCUT2D eigenvalue weighted by Gasteiger charge is -2.13. The van der Waals surface area contributed by atoms with Crippen LogP contribution in [-0.2, 0) is 13.2 Å². The van der Waals surface area contributed by atoms with Crippen LogP contribution >= 0.6 is 0 Å². The fourth-order valence-corrected chi connectivity index (χ4v) is 1.85. The first-order chi connectivity index (χ1) is 10.3. The van der Waals surface area contributed by atoms with E-state index >= 15 is 0 Å². The zero-order chi connectivity index (χ0) is 15.1. The van der Waals surface area contributed by atoms with Gasteiger partial charge in [-0.3, -0.25) is 0 Å². The molecule has 5 nitrogen and oxygen atoms in total. The highest BCUT2D eigenvalue weighted by Crippen LogP contribution is 2.29. The van der Waals surface area contributed by atoms with Crippen molar-refractivity contribution in [2.24, 2.45) is 5.73 Å². The van der Waals surface area contributed by atoms with Crippen molar-refractivity contribution in [2.45, 2.75) is 20.1 Å². The van der Waals surface area contributed by atoms with E-state index in [1.165, 1.54) is 0 Å². The van der Waals surface area contributed by atoms with Crippen molar-refractivity contribution in [3.05, 3.63) is 53.3 Å². The molecule has 21 heavy (non-hydrogen) atoms. The molecule has 0 saturated heterocycles. The van der Waals surface area contributed by atoms with E-state index in [4.69, 9.17) is 20.5 Å². The first-order valence-corrected chi connectivity index (χ1v) is 6.70. The summed E-state index contributed by atoms with van der Waals surface area (Å²) in [6.07, 6.45) is 1.60. The molecular formula is C16H17N3O2. The van der Waals surface area contributed by atoms with Gasteiger partial charge < -0.3 is 15.2 Å². The van der Waals surface area contributed by atoms with Gasteiger partial charge in [-0.15, -0.1) is 0 Å². The molecule has 2 rings (SSSR count). The molecule has 0 bridgehead atoms. The van der Waals surface area contributed by atoms with Gasteiger partial charge in [-0.2, -0.15) is 5.26 Å². The molecular weight excluding hydrogens is 266 g/mol. The standard InChI is InChI=1S/C16H17N3O2/c1-2-20-16-8-12(9-17)3-4-15(16)21-11-13-5-6-19-14(7-13)10-18/h3-8H,2,9,11,17H2,1H3. The van der Waals surface area contributed by atoms with E-state index < -0.39 is 0 Å². The normalized spacial score (nSPS) is 9.95. The van der Waals surface area contributed by atoms with E-state index in [1.54, 1.807) is 12.3 Å². The highest BCUT2D eigenvalue weighted by molar-refractivity contribution is 5.43. The van der Waals surface area contributed by atoms with Crippen LogP contribution in [0.3, 0.4) is 0 Å². The van der Waals surface area contributed by atoms with Crippen LogP contribution in [0.2, 0.25) is 0 Å². The number of aromatic nitrogens is 1. The van der Waals surface area contributed by atoms with Crippen molar-refractivity contribution < 1.29 is 9.47 Å². The van der Waals surface area contributed by atoms with Crippen LogP contribution in [0.4, 0.5) is 0 Å². The first kappa shape index (κ1) is 14.8. The predicted molar refractivity (Wildman–Crippen MR) is 78.8 cm³/mol. The lowest BCUT2D eigenvalue weighted by atomic mass is 10.2. The fourth-order valence-electron chi connectivity index (χ4n) is 1.85. The number of pyridine rings is 1. The summed E-state index contributed by atoms with van der Waals surface area (Å²) in [7, 11) is 0. The summed E-state index contributed by atoms with van der Waals surface area (Å²) < 4.78 is 11.3. The van der Waals surface area contributed by atoms with E-state index in [-0.39, 0.29) is 0 Å². The van der Waals surface area contributed by atoms with E-state index in [0.717, 1.165) is 11.1 Å². The van der Waals surface area contributed by atoms with Crippen molar-refractivity contribution in [3.8, 4) is 17.6 Å². The number of rotatable bonds is 6. The summed E-state index contributed by atoms with van der Waals surface area (Å²) in [6.45, 7) is 3.27. The molecule has 2 N–H and O–H groups in total. The Morgan fingerprint density at radius 2 is 2.00 bits per heavy atom. The van der Waals surface area contributed by atoms with Gasteiger partial charge in [0.05, 0.1) is 6.61 Å². The number of ether oxygens (including phenoxy) is 2. The molecule has 1 aromatic heterocycles. The van der Waals surface area contributed by atoms with Crippen molar-refractivity contribution in [1.29, 1.82) is 5.26 Å². The van der Waals surface area contributed by atoms with Crippen molar-refractivity contribution in [1.82, 2.24) is 4.98 Å². The lowest BCUT2D eigenvalue weighted by Crippen LogP contribution is -2.02. The number of benzene rings is 1. The monoisotopic (exact) mass is 283 g/mol. The third-order valence-corrected chi connectivity index (χ3v) is 2.88. The molecule has 0 fully saturated rings. The quantitative estimate of drug-likeness (QED) is 0.880. The molecule has 0 amide bonds. The first-order valence-electron chi connectivity index (χ1n) is 6.70. The third kappa shape index (κ3) is 3.94. The van der Waals surface area contributed by atoms with Crippen LogP contribution < -0.4 is 15.2 Å². The zero-order valence-corrected chi connectivity index (χ0v) is 11.9. The Hall–Kier alpha value is -2.58. The Morgan fingerprint density at radius 3 is 2.71 bits per heavy atom. The molecule has 0 radical (unpaired) electrons. The number of nitrogens with zero attached hydrogens (tertiary/aromatic N) is 2. The van der Waals surface area contributed by atoms with E-state index in [1.807, 2.05) is 37.3 Å². The van der Waals surface area contributed by atoms with Crippen LogP contribution in [0.15, 0.2) is 36.5 Å². The maximum Gasteiger partial charge on any atom is 0.161 e. The van der Waals surface area contributed by atoms with Gasteiger partial charge in [-0.1, -0.05) is 6.07 Å². The largest absolute Gasteiger partial charge is 0.490 e. The second-order valence-electron chi connectivity index (χ2n) is 4.37. The second-order valence-corrected chi connectivity index (χ2v) is 4.37. The Balaban J connectivity index is 2.13. The maximum atomic E-state index is 8.83. The molecule has 0 unspecified atom stereocenters. The molecule has 1 heterocycles. The van der Waals surface area contributed by atoms with E-state index in [0.29, 0.717) is 37.0 Å². The molecule has 1 aromatic carbocycles. The Morgan fingerprint density at radius 1 is 1.14 bits per heavy atom.